The van der Waals surface area contributed by atoms with E-state index in [-0.39, 0.29) is 21.3 Å². The first-order valence-corrected chi connectivity index (χ1v) is 13.0. The van der Waals surface area contributed by atoms with Gasteiger partial charge in [0.25, 0.3) is 21.6 Å². The molecule has 0 bridgehead atoms. The Balaban J connectivity index is 1.49. The molecule has 0 radical (unpaired) electrons. The number of halogens is 1. The van der Waals surface area contributed by atoms with Crippen molar-refractivity contribution in [3.05, 3.63) is 111 Å². The Morgan fingerprint density at radius 2 is 1.74 bits per heavy atom. The van der Waals surface area contributed by atoms with E-state index in [0.717, 1.165) is 9.87 Å². The molecule has 0 fully saturated rings. The summed E-state index contributed by atoms with van der Waals surface area (Å²) < 4.78 is 33.4. The number of sulfonamides is 1. The molecule has 0 saturated carbocycles. The minimum atomic E-state index is -4.13. The van der Waals surface area contributed by atoms with E-state index in [0.29, 0.717) is 17.1 Å². The van der Waals surface area contributed by atoms with E-state index >= 15 is 0 Å². The summed E-state index contributed by atoms with van der Waals surface area (Å²) in [5.41, 5.74) is 3.91. The third-order valence-corrected chi connectivity index (χ3v) is 7.48. The van der Waals surface area contributed by atoms with Crippen LogP contribution in [0.3, 0.4) is 0 Å². The third kappa shape index (κ3) is 6.07. The molecule has 12 heteroatoms. The summed E-state index contributed by atoms with van der Waals surface area (Å²) >= 11 is 6.27. The molecule has 1 heterocycles. The quantitative estimate of drug-likeness (QED) is 0.173. The van der Waals surface area contributed by atoms with E-state index in [1.165, 1.54) is 42.6 Å². The summed E-state index contributed by atoms with van der Waals surface area (Å²) in [7, 11) is -4.13. The van der Waals surface area contributed by atoms with Crippen molar-refractivity contribution in [1.29, 1.82) is 0 Å². The molecule has 0 aliphatic rings. The number of anilines is 1. The molecule has 4 rings (SSSR count). The van der Waals surface area contributed by atoms with Gasteiger partial charge >= 0.3 is 0 Å². The van der Waals surface area contributed by atoms with E-state index in [1.807, 2.05) is 6.92 Å². The zero-order chi connectivity index (χ0) is 27.3. The summed E-state index contributed by atoms with van der Waals surface area (Å²) in [5.74, 6) is 0.0367. The van der Waals surface area contributed by atoms with Gasteiger partial charge in [0.05, 0.1) is 26.7 Å². The summed E-state index contributed by atoms with van der Waals surface area (Å²) in [5, 5.41) is 14.8. The number of hydrazone groups is 1. The summed E-state index contributed by atoms with van der Waals surface area (Å²) in [6.45, 7) is 1.26. The highest BCUT2D eigenvalue weighted by Crippen LogP contribution is 2.30. The average molecular weight is 553 g/mol. The van der Waals surface area contributed by atoms with Gasteiger partial charge < -0.3 is 4.42 Å². The van der Waals surface area contributed by atoms with Crippen LogP contribution in [-0.4, -0.2) is 32.0 Å². The number of hydrogen-bond donors (Lipinski definition) is 1. The molecular formula is C26H21ClN4O6S. The van der Waals surface area contributed by atoms with Crippen molar-refractivity contribution in [3.63, 3.8) is 0 Å². The minimum absolute atomic E-state index is 0.00804. The number of amides is 1. The maximum atomic E-state index is 13.4. The molecule has 38 heavy (non-hydrogen) atoms. The highest BCUT2D eigenvalue weighted by Gasteiger charge is 2.28. The molecule has 0 unspecified atom stereocenters. The number of hydrogen-bond acceptors (Lipinski definition) is 7. The summed E-state index contributed by atoms with van der Waals surface area (Å²) in [4.78, 5) is 23.0. The van der Waals surface area contributed by atoms with Crippen LogP contribution < -0.4 is 9.73 Å². The second-order valence-electron chi connectivity index (χ2n) is 8.08. The lowest BCUT2D eigenvalue weighted by atomic mass is 10.1. The van der Waals surface area contributed by atoms with Crippen LogP contribution in [0.4, 0.5) is 11.4 Å². The summed E-state index contributed by atoms with van der Waals surface area (Å²) in [6, 6.07) is 21.6. The van der Waals surface area contributed by atoms with Gasteiger partial charge in [0, 0.05) is 17.7 Å². The molecule has 3 aromatic carbocycles. The number of furan rings is 1. The number of nitrogens with zero attached hydrogens (tertiary/aromatic N) is 3. The molecule has 0 atom stereocenters. The number of carbonyl (C=O) groups is 1. The van der Waals surface area contributed by atoms with Gasteiger partial charge in [-0.2, -0.15) is 5.10 Å². The van der Waals surface area contributed by atoms with Gasteiger partial charge in [0.15, 0.2) is 0 Å². The Kier molecular flexibility index (Phi) is 7.89. The smallest absolute Gasteiger partial charge is 0.269 e. The van der Waals surface area contributed by atoms with E-state index < -0.39 is 27.4 Å². The Morgan fingerprint density at radius 1 is 1.05 bits per heavy atom. The van der Waals surface area contributed by atoms with Gasteiger partial charge in [-0.1, -0.05) is 41.4 Å². The van der Waals surface area contributed by atoms with Crippen molar-refractivity contribution in [1.82, 2.24) is 5.43 Å². The lowest BCUT2D eigenvalue weighted by Crippen LogP contribution is -2.39. The Labute approximate surface area is 223 Å². The number of non-ortho nitro benzene ring substituents is 1. The number of nitro benzene ring substituents is 1. The number of nitro groups is 1. The van der Waals surface area contributed by atoms with Gasteiger partial charge in [0.1, 0.15) is 18.1 Å². The Bertz CT molecular complexity index is 1600. The largest absolute Gasteiger partial charge is 0.455 e. The summed E-state index contributed by atoms with van der Waals surface area (Å²) in [6.07, 6.45) is 1.25. The number of para-hydroxylation sites is 1. The van der Waals surface area contributed by atoms with E-state index in [9.17, 15) is 23.3 Å². The fourth-order valence-corrected chi connectivity index (χ4v) is 5.18. The van der Waals surface area contributed by atoms with Crippen LogP contribution in [0.15, 0.2) is 99.3 Å². The highest BCUT2D eigenvalue weighted by atomic mass is 35.5. The number of benzene rings is 3. The lowest BCUT2D eigenvalue weighted by molar-refractivity contribution is -0.384. The minimum Gasteiger partial charge on any atom is -0.455 e. The van der Waals surface area contributed by atoms with Crippen molar-refractivity contribution >= 4 is 45.1 Å². The topological polar surface area (TPSA) is 135 Å². The maximum absolute atomic E-state index is 13.4. The highest BCUT2D eigenvalue weighted by molar-refractivity contribution is 7.92. The van der Waals surface area contributed by atoms with Crippen LogP contribution in [0.1, 0.15) is 11.3 Å². The van der Waals surface area contributed by atoms with E-state index in [2.05, 4.69) is 10.5 Å². The average Bonchev–Trinajstić information content (AvgIpc) is 3.37. The second kappa shape index (κ2) is 11.3. The first kappa shape index (κ1) is 26.6. The third-order valence-electron chi connectivity index (χ3n) is 5.39. The molecule has 0 spiro atoms. The van der Waals surface area contributed by atoms with Crippen LogP contribution in [0.25, 0.3) is 11.3 Å². The van der Waals surface area contributed by atoms with Crippen LogP contribution in [0, 0.1) is 17.0 Å². The first-order chi connectivity index (χ1) is 18.1. The molecule has 1 aromatic heterocycles. The molecule has 0 aliphatic heterocycles. The van der Waals surface area contributed by atoms with E-state index in [4.69, 9.17) is 16.0 Å². The fraction of sp³-hybridized carbons (Fsp3) is 0.0769. The maximum Gasteiger partial charge on any atom is 0.269 e. The standard InChI is InChI=1S/C26H21ClN4O6S/c1-18-6-13-22(14-7-18)38(35,36)30(24-5-3-2-4-23(24)27)17-26(32)29-28-16-21-12-15-25(37-21)19-8-10-20(11-9-19)31(33)34/h2-16H,17H2,1H3,(H,29,32). The predicted octanol–water partition coefficient (Wildman–Crippen LogP) is 5.16. The van der Waals surface area contributed by atoms with Gasteiger partial charge in [-0.05, 0) is 55.5 Å². The zero-order valence-electron chi connectivity index (χ0n) is 19.9. The number of aryl methyl sites for hydroxylation is 1. The molecule has 1 amide bonds. The Hall–Kier alpha value is -4.48. The normalized spacial score (nSPS) is 11.4. The van der Waals surface area contributed by atoms with Crippen molar-refractivity contribution in [3.8, 4) is 11.3 Å². The van der Waals surface area contributed by atoms with Crippen LogP contribution in [-0.2, 0) is 14.8 Å². The number of carbonyl (C=O) groups excluding carboxylic acids is 1. The van der Waals surface area contributed by atoms with Crippen molar-refractivity contribution < 1.29 is 22.6 Å². The first-order valence-electron chi connectivity index (χ1n) is 11.2. The zero-order valence-corrected chi connectivity index (χ0v) is 21.5. The number of nitrogens with one attached hydrogen (secondary N) is 1. The SMILES string of the molecule is Cc1ccc(S(=O)(=O)N(CC(=O)NN=Cc2ccc(-c3ccc([N+](=O)[O-])cc3)o2)c2ccccc2Cl)cc1. The number of rotatable bonds is 9. The molecule has 0 aliphatic carbocycles. The van der Waals surface area contributed by atoms with Crippen molar-refractivity contribution in [2.24, 2.45) is 5.10 Å². The van der Waals surface area contributed by atoms with Crippen molar-refractivity contribution in [2.75, 3.05) is 10.8 Å². The van der Waals surface area contributed by atoms with E-state index in [1.54, 1.807) is 48.5 Å². The van der Waals surface area contributed by atoms with Gasteiger partial charge in [-0.25, -0.2) is 13.8 Å². The molecule has 1 N–H and O–H groups in total. The predicted molar refractivity (Wildman–Crippen MR) is 144 cm³/mol. The molecule has 4 aromatic rings. The molecule has 0 saturated heterocycles. The molecular weight excluding hydrogens is 532 g/mol. The van der Waals surface area contributed by atoms with Gasteiger partial charge in [-0.15, -0.1) is 0 Å². The van der Waals surface area contributed by atoms with Gasteiger partial charge in [0.2, 0.25) is 0 Å². The van der Waals surface area contributed by atoms with Crippen LogP contribution >= 0.6 is 11.6 Å². The molecule has 10 nitrogen and oxygen atoms in total. The second-order valence-corrected chi connectivity index (χ2v) is 10.3. The lowest BCUT2D eigenvalue weighted by Gasteiger charge is -2.24. The monoisotopic (exact) mass is 552 g/mol. The Morgan fingerprint density at radius 3 is 2.39 bits per heavy atom. The molecule has 194 valence electrons. The fourth-order valence-electron chi connectivity index (χ4n) is 3.45. The van der Waals surface area contributed by atoms with Gasteiger partial charge in [-0.3, -0.25) is 19.2 Å². The van der Waals surface area contributed by atoms with Crippen molar-refractivity contribution in [2.45, 2.75) is 11.8 Å². The van der Waals surface area contributed by atoms with Crippen LogP contribution in [0.5, 0.6) is 0 Å². The van der Waals surface area contributed by atoms with Crippen LogP contribution in [0.2, 0.25) is 5.02 Å².